The minimum Gasteiger partial charge on any atom is -0.497 e. The van der Waals surface area contributed by atoms with Crippen LogP contribution in [0.15, 0.2) is 71.6 Å². The number of benzene rings is 3. The fourth-order valence-electron chi connectivity index (χ4n) is 4.44. The van der Waals surface area contributed by atoms with E-state index in [2.05, 4.69) is 5.32 Å². The van der Waals surface area contributed by atoms with E-state index in [0.29, 0.717) is 22.8 Å². The number of sulfonamides is 1. The quantitative estimate of drug-likeness (QED) is 0.297. The molecule has 220 valence electrons. The number of methoxy groups -OCH3 is 1. The van der Waals surface area contributed by atoms with Gasteiger partial charge in [-0.25, -0.2) is 8.42 Å². The molecule has 10 heteroatoms. The van der Waals surface area contributed by atoms with Gasteiger partial charge in [0, 0.05) is 17.6 Å². The van der Waals surface area contributed by atoms with Gasteiger partial charge in [-0.3, -0.25) is 13.9 Å². The number of anilines is 1. The van der Waals surface area contributed by atoms with E-state index in [0.717, 1.165) is 15.4 Å². The Bertz CT molecular complexity index is 1460. The summed E-state index contributed by atoms with van der Waals surface area (Å²) < 4.78 is 34.4. The number of carbonyl (C=O) groups excluding carboxylic acids is 2. The zero-order valence-electron chi connectivity index (χ0n) is 24.3. The molecule has 1 atom stereocenters. The minimum absolute atomic E-state index is 0.0431. The molecule has 0 aliphatic heterocycles. The smallest absolute Gasteiger partial charge is 0.264 e. The number of nitrogens with zero attached hydrogens (tertiary/aromatic N) is 2. The Morgan fingerprint density at radius 1 is 0.976 bits per heavy atom. The molecule has 8 nitrogen and oxygen atoms in total. The zero-order chi connectivity index (χ0) is 30.3. The van der Waals surface area contributed by atoms with Crippen LogP contribution in [0.2, 0.25) is 5.02 Å². The van der Waals surface area contributed by atoms with E-state index in [4.69, 9.17) is 16.3 Å². The average Bonchev–Trinajstić information content (AvgIpc) is 2.93. The number of halogens is 1. The van der Waals surface area contributed by atoms with Crippen molar-refractivity contribution in [1.29, 1.82) is 0 Å². The Kier molecular flexibility index (Phi) is 10.8. The van der Waals surface area contributed by atoms with Crippen molar-refractivity contribution in [2.45, 2.75) is 64.6 Å². The largest absolute Gasteiger partial charge is 0.497 e. The lowest BCUT2D eigenvalue weighted by Crippen LogP contribution is -2.53. The van der Waals surface area contributed by atoms with E-state index in [1.54, 1.807) is 56.5 Å². The van der Waals surface area contributed by atoms with Gasteiger partial charge in [-0.2, -0.15) is 0 Å². The first kappa shape index (κ1) is 32.0. The van der Waals surface area contributed by atoms with Gasteiger partial charge >= 0.3 is 0 Å². The summed E-state index contributed by atoms with van der Waals surface area (Å²) in [6.07, 6.45) is 0.335. The summed E-state index contributed by atoms with van der Waals surface area (Å²) in [6.45, 7) is 8.65. The highest BCUT2D eigenvalue weighted by Crippen LogP contribution is 2.31. The Balaban J connectivity index is 2.10. The van der Waals surface area contributed by atoms with E-state index in [1.807, 2.05) is 39.8 Å². The normalized spacial score (nSPS) is 12.1. The monoisotopic (exact) mass is 599 g/mol. The average molecular weight is 600 g/mol. The number of hydrogen-bond acceptors (Lipinski definition) is 5. The van der Waals surface area contributed by atoms with Gasteiger partial charge in [-0.15, -0.1) is 0 Å². The Labute approximate surface area is 248 Å². The highest BCUT2D eigenvalue weighted by Gasteiger charge is 2.34. The molecule has 3 aromatic carbocycles. The van der Waals surface area contributed by atoms with Crippen LogP contribution in [0.3, 0.4) is 0 Å². The number of carbonyl (C=O) groups is 2. The molecule has 3 aromatic rings. The summed E-state index contributed by atoms with van der Waals surface area (Å²) >= 11 is 6.39. The third-order valence-electron chi connectivity index (χ3n) is 6.72. The first-order valence-electron chi connectivity index (χ1n) is 13.5. The van der Waals surface area contributed by atoms with Crippen molar-refractivity contribution in [3.8, 4) is 5.75 Å². The van der Waals surface area contributed by atoms with Crippen LogP contribution >= 0.6 is 11.6 Å². The number of nitrogens with one attached hydrogen (secondary N) is 1. The fourth-order valence-corrected chi connectivity index (χ4v) is 6.09. The summed E-state index contributed by atoms with van der Waals surface area (Å²) in [5.74, 6) is -0.180. The number of amides is 2. The van der Waals surface area contributed by atoms with E-state index >= 15 is 0 Å². The van der Waals surface area contributed by atoms with E-state index in [1.165, 1.54) is 17.0 Å². The maximum Gasteiger partial charge on any atom is 0.264 e. The highest BCUT2D eigenvalue weighted by molar-refractivity contribution is 7.92. The summed E-state index contributed by atoms with van der Waals surface area (Å²) in [5, 5.41) is 3.27. The maximum absolute atomic E-state index is 14.2. The molecule has 0 bridgehead atoms. The lowest BCUT2D eigenvalue weighted by Gasteiger charge is -2.34. The van der Waals surface area contributed by atoms with Gasteiger partial charge in [0.05, 0.1) is 17.7 Å². The number of hydrogen-bond donors (Lipinski definition) is 1. The summed E-state index contributed by atoms with van der Waals surface area (Å²) in [4.78, 5) is 28.9. The second kappa shape index (κ2) is 13.9. The van der Waals surface area contributed by atoms with Crippen molar-refractivity contribution in [1.82, 2.24) is 10.2 Å². The number of aryl methyl sites for hydroxylation is 1. The van der Waals surface area contributed by atoms with Crippen molar-refractivity contribution in [2.75, 3.05) is 18.0 Å². The molecule has 0 heterocycles. The van der Waals surface area contributed by atoms with Crippen molar-refractivity contribution in [3.05, 3.63) is 88.4 Å². The van der Waals surface area contributed by atoms with Crippen molar-refractivity contribution >= 4 is 39.1 Å². The van der Waals surface area contributed by atoms with Crippen LogP contribution in [0.5, 0.6) is 5.75 Å². The fraction of sp³-hybridized carbons (Fsp3) is 0.355. The van der Waals surface area contributed by atoms with Crippen molar-refractivity contribution in [3.63, 3.8) is 0 Å². The molecule has 0 spiro atoms. The molecule has 0 saturated carbocycles. The third-order valence-corrected chi connectivity index (χ3v) is 8.91. The van der Waals surface area contributed by atoms with Gasteiger partial charge in [-0.1, -0.05) is 54.4 Å². The standard InChI is InChI=1S/C31H38ClN3O5S/c1-7-28(31(37)33-21(2)3)34(19-24-13-15-25(40-6)16-14-24)30(36)20-35(29-10-8-9-27(32)23(29)5)41(38,39)26-17-11-22(4)12-18-26/h8-18,21,28H,7,19-20H2,1-6H3,(H,33,37)/t28-/m1/s1. The van der Waals surface area contributed by atoms with Crippen LogP contribution in [-0.2, 0) is 26.2 Å². The SMILES string of the molecule is CC[C@H](C(=O)NC(C)C)N(Cc1ccc(OC)cc1)C(=O)CN(c1cccc(Cl)c1C)S(=O)(=O)c1ccc(C)cc1. The Morgan fingerprint density at radius 2 is 1.61 bits per heavy atom. The second-order valence-electron chi connectivity index (χ2n) is 10.2. The van der Waals surface area contributed by atoms with Gasteiger partial charge in [0.1, 0.15) is 18.3 Å². The molecule has 0 fully saturated rings. The molecule has 0 aromatic heterocycles. The molecule has 0 radical (unpaired) electrons. The van der Waals surface area contributed by atoms with Crippen LogP contribution in [0.1, 0.15) is 43.9 Å². The molecule has 3 rings (SSSR count). The van der Waals surface area contributed by atoms with E-state index < -0.39 is 28.5 Å². The number of rotatable bonds is 12. The van der Waals surface area contributed by atoms with E-state index in [9.17, 15) is 18.0 Å². The van der Waals surface area contributed by atoms with Crippen LogP contribution < -0.4 is 14.4 Å². The first-order valence-corrected chi connectivity index (χ1v) is 15.3. The lowest BCUT2D eigenvalue weighted by molar-refractivity contribution is -0.140. The van der Waals surface area contributed by atoms with Crippen LogP contribution in [0.4, 0.5) is 5.69 Å². The second-order valence-corrected chi connectivity index (χ2v) is 12.4. The van der Waals surface area contributed by atoms with Gasteiger partial charge in [0.15, 0.2) is 0 Å². The summed E-state index contributed by atoms with van der Waals surface area (Å²) in [5.41, 5.74) is 2.47. The molecule has 1 N–H and O–H groups in total. The highest BCUT2D eigenvalue weighted by atomic mass is 35.5. The first-order chi connectivity index (χ1) is 19.4. The molecule has 41 heavy (non-hydrogen) atoms. The summed E-state index contributed by atoms with van der Waals surface area (Å²) in [6, 6.07) is 17.6. The molecule has 2 amide bonds. The van der Waals surface area contributed by atoms with Gasteiger partial charge in [0.25, 0.3) is 10.0 Å². The molecular weight excluding hydrogens is 562 g/mol. The molecule has 0 aliphatic rings. The molecule has 0 unspecified atom stereocenters. The number of ether oxygens (including phenoxy) is 1. The Hall–Kier alpha value is -3.56. The molecule has 0 aliphatic carbocycles. The van der Waals surface area contributed by atoms with E-state index in [-0.39, 0.29) is 29.1 Å². The summed E-state index contributed by atoms with van der Waals surface area (Å²) in [7, 11) is -2.62. The predicted molar refractivity (Wildman–Crippen MR) is 163 cm³/mol. The maximum atomic E-state index is 14.2. The minimum atomic E-state index is -4.18. The van der Waals surface area contributed by atoms with Gasteiger partial charge < -0.3 is 15.0 Å². The molecule has 0 saturated heterocycles. The van der Waals surface area contributed by atoms with Crippen LogP contribution in [-0.4, -0.2) is 50.9 Å². The van der Waals surface area contributed by atoms with Gasteiger partial charge in [0.2, 0.25) is 11.8 Å². The van der Waals surface area contributed by atoms with Gasteiger partial charge in [-0.05, 0) is 81.6 Å². The zero-order valence-corrected chi connectivity index (χ0v) is 25.9. The molecular formula is C31H38ClN3O5S. The Morgan fingerprint density at radius 3 is 2.17 bits per heavy atom. The predicted octanol–water partition coefficient (Wildman–Crippen LogP) is 5.49. The topological polar surface area (TPSA) is 96.0 Å². The van der Waals surface area contributed by atoms with Crippen molar-refractivity contribution < 1.29 is 22.7 Å². The van der Waals surface area contributed by atoms with Crippen LogP contribution in [0, 0.1) is 13.8 Å². The third kappa shape index (κ3) is 7.80. The van der Waals surface area contributed by atoms with Crippen molar-refractivity contribution in [2.24, 2.45) is 0 Å². The lowest BCUT2D eigenvalue weighted by atomic mass is 10.1. The van der Waals surface area contributed by atoms with Crippen LogP contribution in [0.25, 0.3) is 0 Å².